The van der Waals surface area contributed by atoms with Crippen LogP contribution >= 0.6 is 15.9 Å². The van der Waals surface area contributed by atoms with Crippen molar-refractivity contribution in [3.05, 3.63) is 46.6 Å². The predicted molar refractivity (Wildman–Crippen MR) is 168 cm³/mol. The summed E-state index contributed by atoms with van der Waals surface area (Å²) in [6, 6.07) is 2.13. The van der Waals surface area contributed by atoms with E-state index in [1.807, 2.05) is 23.4 Å². The third-order valence-corrected chi connectivity index (χ3v) is 19.2. The van der Waals surface area contributed by atoms with E-state index in [1.54, 1.807) is 0 Å². The van der Waals surface area contributed by atoms with Crippen molar-refractivity contribution in [2.45, 2.75) is 129 Å². The van der Waals surface area contributed by atoms with E-state index >= 15 is 0 Å². The first kappa shape index (κ1) is 31.7. The molecular weight excluding hydrogens is 575 g/mol. The van der Waals surface area contributed by atoms with Crippen LogP contribution in [0.25, 0.3) is 0 Å². The van der Waals surface area contributed by atoms with Crippen molar-refractivity contribution in [2.75, 3.05) is 4.90 Å². The summed E-state index contributed by atoms with van der Waals surface area (Å²) >= 11 is 3.52. The zero-order valence-corrected chi connectivity index (χ0v) is 29.2. The summed E-state index contributed by atoms with van der Waals surface area (Å²) in [7, 11) is -4.06. The fraction of sp³-hybridized carbons (Fsp3) is 0.700. The summed E-state index contributed by atoms with van der Waals surface area (Å²) in [5.74, 6) is 0.323. The van der Waals surface area contributed by atoms with Gasteiger partial charge in [0.1, 0.15) is 4.61 Å². The van der Waals surface area contributed by atoms with E-state index in [-0.39, 0.29) is 40.1 Å². The molecule has 1 aromatic heterocycles. The van der Waals surface area contributed by atoms with Gasteiger partial charge in [-0.2, -0.15) is 0 Å². The lowest BCUT2D eigenvalue weighted by atomic mass is 9.75. The molecule has 8 heteroatoms. The SMILES string of the molecule is CC1C=CC(F)=C(Br)N1c1cnccc1[C@@H]1C[C@@H](C)[C@H](O[Si](C)(C)C(C)(C)C)[C@H](O[Si](C)(C)C(C)(C)C)C1. The molecule has 1 aliphatic heterocycles. The molecule has 0 bridgehead atoms. The fourth-order valence-corrected chi connectivity index (χ4v) is 8.44. The van der Waals surface area contributed by atoms with Crippen molar-refractivity contribution < 1.29 is 13.2 Å². The number of allylic oxidation sites excluding steroid dienone is 2. The van der Waals surface area contributed by atoms with Gasteiger partial charge in [-0.3, -0.25) is 4.98 Å². The zero-order valence-electron chi connectivity index (χ0n) is 25.7. The van der Waals surface area contributed by atoms with Gasteiger partial charge in [0, 0.05) is 6.20 Å². The third kappa shape index (κ3) is 6.56. The van der Waals surface area contributed by atoms with E-state index < -0.39 is 16.6 Å². The maximum Gasteiger partial charge on any atom is 0.192 e. The van der Waals surface area contributed by atoms with Crippen LogP contribution in [0, 0.1) is 5.92 Å². The van der Waals surface area contributed by atoms with E-state index in [2.05, 4.69) is 109 Å². The quantitative estimate of drug-likeness (QED) is 0.233. The highest BCUT2D eigenvalue weighted by Gasteiger charge is 2.49. The molecule has 1 fully saturated rings. The Bertz CT molecular complexity index is 1060. The molecule has 1 aromatic rings. The van der Waals surface area contributed by atoms with Crippen molar-refractivity contribution in [1.29, 1.82) is 0 Å². The average molecular weight is 626 g/mol. The summed E-state index contributed by atoms with van der Waals surface area (Å²) in [5, 5.41) is 0.235. The highest BCUT2D eigenvalue weighted by atomic mass is 79.9. The number of halogens is 2. The second-order valence-corrected chi connectivity index (χ2v) is 24.7. The van der Waals surface area contributed by atoms with Gasteiger partial charge in [0.15, 0.2) is 22.5 Å². The van der Waals surface area contributed by atoms with Gasteiger partial charge in [-0.15, -0.1) is 0 Å². The molecular formula is C30H50BrFN2O2Si2. The molecule has 38 heavy (non-hydrogen) atoms. The Hall–Kier alpha value is -0.806. The van der Waals surface area contributed by atoms with Crippen LogP contribution in [-0.4, -0.2) is 39.9 Å². The van der Waals surface area contributed by atoms with Crippen LogP contribution in [0.1, 0.15) is 79.7 Å². The second-order valence-electron chi connectivity index (χ2n) is 14.4. The molecule has 2 heterocycles. The van der Waals surface area contributed by atoms with Crippen LogP contribution in [0.4, 0.5) is 10.1 Å². The molecule has 0 saturated heterocycles. The van der Waals surface area contributed by atoms with E-state index in [4.69, 9.17) is 8.85 Å². The maximum atomic E-state index is 14.6. The molecule has 5 atom stereocenters. The standard InChI is InChI=1S/C30H50BrFN2O2Si2/c1-20-17-22(23-15-16-33-19-25(23)34-21(2)13-14-24(32)28(34)31)18-26(35-37(9,10)29(3,4)5)27(20)36-38(11,12)30(6,7)8/h13-16,19-22,26-27H,17-18H2,1-12H3/t20-,21?,22-,26-,27+/m1/s1. The first-order chi connectivity index (χ1) is 17.3. The highest BCUT2D eigenvalue weighted by Crippen LogP contribution is 2.48. The lowest BCUT2D eigenvalue weighted by molar-refractivity contribution is -0.0305. The number of rotatable bonds is 6. The van der Waals surface area contributed by atoms with E-state index in [1.165, 1.54) is 11.6 Å². The zero-order chi connectivity index (χ0) is 28.8. The van der Waals surface area contributed by atoms with Crippen LogP contribution in [0.2, 0.25) is 36.3 Å². The normalized spacial score (nSPS) is 27.7. The number of nitrogens with zero attached hydrogens (tertiary/aromatic N) is 2. The molecule has 3 rings (SSSR count). The van der Waals surface area contributed by atoms with Crippen molar-refractivity contribution in [2.24, 2.45) is 5.92 Å². The van der Waals surface area contributed by atoms with Gasteiger partial charge < -0.3 is 13.8 Å². The molecule has 0 radical (unpaired) electrons. The Balaban J connectivity index is 2.03. The molecule has 0 N–H and O–H groups in total. The van der Waals surface area contributed by atoms with E-state index in [9.17, 15) is 4.39 Å². The average Bonchev–Trinajstić information content (AvgIpc) is 2.77. The van der Waals surface area contributed by atoms with Crippen LogP contribution in [0.15, 0.2) is 41.0 Å². The summed E-state index contributed by atoms with van der Waals surface area (Å²) in [6.07, 6.45) is 9.13. The Morgan fingerprint density at radius 1 is 0.974 bits per heavy atom. The minimum atomic E-state index is -2.05. The van der Waals surface area contributed by atoms with Crippen LogP contribution in [-0.2, 0) is 8.85 Å². The minimum absolute atomic E-state index is 0.00850. The lowest BCUT2D eigenvalue weighted by Crippen LogP contribution is -2.55. The molecule has 0 spiro atoms. The van der Waals surface area contributed by atoms with Gasteiger partial charge in [0.25, 0.3) is 0 Å². The first-order valence-corrected chi connectivity index (χ1v) is 20.7. The largest absolute Gasteiger partial charge is 0.411 e. The van der Waals surface area contributed by atoms with Crippen LogP contribution in [0.3, 0.4) is 0 Å². The summed E-state index contributed by atoms with van der Waals surface area (Å²) in [4.78, 5) is 6.47. The van der Waals surface area contributed by atoms with E-state index in [0.29, 0.717) is 10.5 Å². The van der Waals surface area contributed by atoms with Gasteiger partial charge >= 0.3 is 0 Å². The number of anilines is 1. The highest BCUT2D eigenvalue weighted by molar-refractivity contribution is 9.11. The molecule has 4 nitrogen and oxygen atoms in total. The summed E-state index contributed by atoms with van der Waals surface area (Å²) < 4.78 is 29.4. The summed E-state index contributed by atoms with van der Waals surface area (Å²) in [5.41, 5.74) is 2.16. The van der Waals surface area contributed by atoms with Gasteiger partial charge in [-0.05, 0) is 102 Å². The molecule has 2 aliphatic rings. The minimum Gasteiger partial charge on any atom is -0.411 e. The second kappa shape index (κ2) is 11.2. The van der Waals surface area contributed by atoms with Crippen LogP contribution in [0.5, 0.6) is 0 Å². The Labute approximate surface area is 241 Å². The van der Waals surface area contributed by atoms with Crippen molar-refractivity contribution in [1.82, 2.24) is 4.98 Å². The number of hydrogen-bond acceptors (Lipinski definition) is 4. The molecule has 1 aliphatic carbocycles. The number of aromatic nitrogens is 1. The predicted octanol–water partition coefficient (Wildman–Crippen LogP) is 9.67. The topological polar surface area (TPSA) is 34.6 Å². The Morgan fingerprint density at radius 3 is 2.13 bits per heavy atom. The molecule has 0 aromatic carbocycles. The van der Waals surface area contributed by atoms with E-state index in [0.717, 1.165) is 18.5 Å². The van der Waals surface area contributed by atoms with Gasteiger partial charge in [0.2, 0.25) is 0 Å². The monoisotopic (exact) mass is 624 g/mol. The van der Waals surface area contributed by atoms with Crippen molar-refractivity contribution >= 4 is 38.3 Å². The molecule has 1 saturated carbocycles. The number of hydrogen-bond donors (Lipinski definition) is 0. The first-order valence-electron chi connectivity index (χ1n) is 14.1. The molecule has 214 valence electrons. The smallest absolute Gasteiger partial charge is 0.192 e. The molecule has 1 unspecified atom stereocenters. The van der Waals surface area contributed by atoms with Crippen molar-refractivity contribution in [3.63, 3.8) is 0 Å². The molecule has 0 amide bonds. The van der Waals surface area contributed by atoms with Gasteiger partial charge in [-0.25, -0.2) is 4.39 Å². The number of pyridine rings is 1. The van der Waals surface area contributed by atoms with Gasteiger partial charge in [0.05, 0.1) is 30.1 Å². The van der Waals surface area contributed by atoms with Gasteiger partial charge in [-0.1, -0.05) is 54.5 Å². The Morgan fingerprint density at radius 2 is 1.55 bits per heavy atom. The Kier molecular flexibility index (Phi) is 9.37. The lowest BCUT2D eigenvalue weighted by Gasteiger charge is -2.50. The summed E-state index contributed by atoms with van der Waals surface area (Å²) in [6.45, 7) is 27.6. The maximum absolute atomic E-state index is 14.6. The third-order valence-electron chi connectivity index (χ3n) is 9.46. The van der Waals surface area contributed by atoms with Crippen LogP contribution < -0.4 is 4.90 Å². The fourth-order valence-electron chi connectivity index (χ4n) is 5.03. The van der Waals surface area contributed by atoms with Crippen molar-refractivity contribution in [3.8, 4) is 0 Å².